The van der Waals surface area contributed by atoms with Crippen LogP contribution in [-0.2, 0) is 10.0 Å². The molecule has 1 aromatic rings. The van der Waals surface area contributed by atoms with Crippen LogP contribution in [0.3, 0.4) is 0 Å². The molecule has 0 saturated heterocycles. The highest BCUT2D eigenvalue weighted by Crippen LogP contribution is 2.22. The van der Waals surface area contributed by atoms with Crippen molar-refractivity contribution in [2.45, 2.75) is 31.7 Å². The summed E-state index contributed by atoms with van der Waals surface area (Å²) in [6.07, 6.45) is 0. The molecule has 0 radical (unpaired) electrons. The number of rotatable bonds is 3. The van der Waals surface area contributed by atoms with E-state index in [0.717, 1.165) is 0 Å². The number of hydrogen-bond donors (Lipinski definition) is 1. The normalized spacial score (nSPS) is 12.1. The van der Waals surface area contributed by atoms with Crippen LogP contribution in [0.5, 0.6) is 0 Å². The molecule has 0 amide bonds. The average Bonchev–Trinajstić information content (AvgIpc) is 2.07. The smallest absolute Gasteiger partial charge is 0.209 e. The van der Waals surface area contributed by atoms with Gasteiger partial charge in [-0.15, -0.1) is 0 Å². The lowest BCUT2D eigenvalue weighted by atomic mass is 10.2. The predicted molar refractivity (Wildman–Crippen MR) is 61.6 cm³/mol. The van der Waals surface area contributed by atoms with Crippen molar-refractivity contribution in [3.05, 3.63) is 28.8 Å². The second-order valence-corrected chi connectivity index (χ2v) is 5.73. The highest BCUT2D eigenvalue weighted by Gasteiger charge is 2.18. The topological polar surface area (TPSA) is 46.2 Å². The van der Waals surface area contributed by atoms with Crippen LogP contribution in [0.2, 0.25) is 5.02 Å². The van der Waals surface area contributed by atoms with Gasteiger partial charge in [0.2, 0.25) is 10.0 Å². The van der Waals surface area contributed by atoms with Gasteiger partial charge in [-0.1, -0.05) is 17.7 Å². The molecule has 0 aromatic heterocycles. The van der Waals surface area contributed by atoms with Gasteiger partial charge in [0.1, 0.15) is 0 Å². The molecule has 0 aliphatic carbocycles. The van der Waals surface area contributed by atoms with E-state index in [9.17, 15) is 8.42 Å². The molecule has 15 heavy (non-hydrogen) atoms. The maximum Gasteiger partial charge on any atom is 0.241 e. The van der Waals surface area contributed by atoms with E-state index in [1.807, 2.05) is 0 Å². The molecule has 0 aliphatic rings. The van der Waals surface area contributed by atoms with Crippen molar-refractivity contribution in [2.75, 3.05) is 0 Å². The van der Waals surface area contributed by atoms with E-state index in [1.54, 1.807) is 39.0 Å². The Morgan fingerprint density at radius 1 is 1.33 bits per heavy atom. The Labute approximate surface area is 95.5 Å². The molecule has 0 unspecified atom stereocenters. The highest BCUT2D eigenvalue weighted by molar-refractivity contribution is 7.89. The molecule has 0 saturated carbocycles. The Bertz CT molecular complexity index is 454. The van der Waals surface area contributed by atoms with Gasteiger partial charge in [-0.05, 0) is 38.5 Å². The minimum atomic E-state index is -3.45. The van der Waals surface area contributed by atoms with Crippen molar-refractivity contribution in [1.29, 1.82) is 0 Å². The third kappa shape index (κ3) is 2.93. The third-order valence-electron chi connectivity index (χ3n) is 1.90. The Hall–Kier alpha value is -0.580. The van der Waals surface area contributed by atoms with Crippen LogP contribution >= 0.6 is 11.6 Å². The van der Waals surface area contributed by atoms with Crippen LogP contribution in [0, 0.1) is 6.92 Å². The predicted octanol–water partition coefficient (Wildman–Crippen LogP) is 2.34. The summed E-state index contributed by atoms with van der Waals surface area (Å²) in [7, 11) is -3.45. The maximum atomic E-state index is 11.8. The van der Waals surface area contributed by atoms with Crippen molar-refractivity contribution in [3.63, 3.8) is 0 Å². The van der Waals surface area contributed by atoms with Gasteiger partial charge in [-0.2, -0.15) is 0 Å². The van der Waals surface area contributed by atoms with Crippen LogP contribution in [0.4, 0.5) is 0 Å². The van der Waals surface area contributed by atoms with E-state index >= 15 is 0 Å². The standard InChI is InChI=1S/C10H14ClNO2S/c1-7(2)12-15(13,14)10-6-4-5-9(11)8(10)3/h4-7,12H,1-3H3. The fourth-order valence-corrected chi connectivity index (χ4v) is 3.00. The van der Waals surface area contributed by atoms with E-state index in [2.05, 4.69) is 4.72 Å². The number of nitrogens with one attached hydrogen (secondary N) is 1. The molecule has 0 bridgehead atoms. The zero-order valence-electron chi connectivity index (χ0n) is 8.91. The van der Waals surface area contributed by atoms with Crippen LogP contribution < -0.4 is 4.72 Å². The molecule has 84 valence electrons. The first-order valence-electron chi connectivity index (χ1n) is 4.62. The summed E-state index contributed by atoms with van der Waals surface area (Å²) < 4.78 is 26.2. The van der Waals surface area contributed by atoms with Crippen molar-refractivity contribution in [1.82, 2.24) is 4.72 Å². The highest BCUT2D eigenvalue weighted by atomic mass is 35.5. The van der Waals surface area contributed by atoms with Gasteiger partial charge < -0.3 is 0 Å². The molecule has 0 aliphatic heterocycles. The average molecular weight is 248 g/mol. The van der Waals surface area contributed by atoms with Gasteiger partial charge in [0.15, 0.2) is 0 Å². The molecule has 1 aromatic carbocycles. The molecule has 0 spiro atoms. The Morgan fingerprint density at radius 3 is 2.47 bits per heavy atom. The minimum absolute atomic E-state index is 0.131. The van der Waals surface area contributed by atoms with Crippen molar-refractivity contribution < 1.29 is 8.42 Å². The van der Waals surface area contributed by atoms with E-state index in [-0.39, 0.29) is 10.9 Å². The molecular formula is C10H14ClNO2S. The first-order valence-corrected chi connectivity index (χ1v) is 6.48. The number of hydrogen-bond acceptors (Lipinski definition) is 2. The maximum absolute atomic E-state index is 11.8. The minimum Gasteiger partial charge on any atom is -0.209 e. The molecule has 0 atom stereocenters. The summed E-state index contributed by atoms with van der Waals surface area (Å²) in [5.41, 5.74) is 0.576. The van der Waals surface area contributed by atoms with E-state index in [0.29, 0.717) is 10.6 Å². The molecule has 1 N–H and O–H groups in total. The van der Waals surface area contributed by atoms with Crippen LogP contribution in [0.1, 0.15) is 19.4 Å². The summed E-state index contributed by atoms with van der Waals surface area (Å²) in [5.74, 6) is 0. The Kier molecular flexibility index (Phi) is 3.76. The summed E-state index contributed by atoms with van der Waals surface area (Å²) in [6.45, 7) is 5.24. The molecular weight excluding hydrogens is 234 g/mol. The zero-order valence-corrected chi connectivity index (χ0v) is 10.5. The Balaban J connectivity index is 3.22. The summed E-state index contributed by atoms with van der Waals surface area (Å²) >= 11 is 5.86. The fourth-order valence-electron chi connectivity index (χ4n) is 1.25. The number of sulfonamides is 1. The first kappa shape index (κ1) is 12.5. The second kappa shape index (κ2) is 4.51. The van der Waals surface area contributed by atoms with Gasteiger partial charge in [0, 0.05) is 11.1 Å². The number of halogens is 1. The van der Waals surface area contributed by atoms with E-state index in [4.69, 9.17) is 11.6 Å². The van der Waals surface area contributed by atoms with Crippen LogP contribution in [-0.4, -0.2) is 14.5 Å². The summed E-state index contributed by atoms with van der Waals surface area (Å²) in [5, 5.41) is 0.460. The third-order valence-corrected chi connectivity index (χ3v) is 4.11. The van der Waals surface area contributed by atoms with Gasteiger partial charge in [0.25, 0.3) is 0 Å². The van der Waals surface area contributed by atoms with Gasteiger partial charge in [0.05, 0.1) is 4.90 Å². The fraction of sp³-hybridized carbons (Fsp3) is 0.400. The van der Waals surface area contributed by atoms with Crippen LogP contribution in [0.15, 0.2) is 23.1 Å². The Morgan fingerprint density at radius 2 is 1.93 bits per heavy atom. The number of benzene rings is 1. The monoisotopic (exact) mass is 247 g/mol. The van der Waals surface area contributed by atoms with Gasteiger partial charge in [-0.3, -0.25) is 0 Å². The van der Waals surface area contributed by atoms with Crippen molar-refractivity contribution in [2.24, 2.45) is 0 Å². The van der Waals surface area contributed by atoms with E-state index < -0.39 is 10.0 Å². The largest absolute Gasteiger partial charge is 0.241 e. The summed E-state index contributed by atoms with van der Waals surface area (Å²) in [6, 6.07) is 4.72. The lowest BCUT2D eigenvalue weighted by molar-refractivity contribution is 0.569. The second-order valence-electron chi connectivity index (χ2n) is 3.64. The lowest BCUT2D eigenvalue weighted by Gasteiger charge is -2.12. The molecule has 0 fully saturated rings. The van der Waals surface area contributed by atoms with E-state index in [1.165, 1.54) is 0 Å². The van der Waals surface area contributed by atoms with Crippen molar-refractivity contribution in [3.8, 4) is 0 Å². The zero-order chi connectivity index (χ0) is 11.6. The molecule has 5 heteroatoms. The summed E-state index contributed by atoms with van der Waals surface area (Å²) in [4.78, 5) is 0.240. The quantitative estimate of drug-likeness (QED) is 0.891. The molecule has 0 heterocycles. The van der Waals surface area contributed by atoms with Crippen LogP contribution in [0.25, 0.3) is 0 Å². The van der Waals surface area contributed by atoms with Gasteiger partial charge in [-0.25, -0.2) is 13.1 Å². The van der Waals surface area contributed by atoms with Crippen molar-refractivity contribution >= 4 is 21.6 Å². The lowest BCUT2D eigenvalue weighted by Crippen LogP contribution is -2.30. The molecule has 3 nitrogen and oxygen atoms in total. The first-order chi connectivity index (χ1) is 6.84. The van der Waals surface area contributed by atoms with Gasteiger partial charge >= 0.3 is 0 Å². The molecule has 1 rings (SSSR count). The SMILES string of the molecule is Cc1c(Cl)cccc1S(=O)(=O)NC(C)C.